The number of ether oxygens (including phenoxy) is 1. The molecule has 1 atom stereocenters. The molecule has 3 rings (SSSR count). The van der Waals surface area contributed by atoms with E-state index in [4.69, 9.17) is 4.74 Å². The third kappa shape index (κ3) is 3.00. The third-order valence-electron chi connectivity index (χ3n) is 4.26. The molecule has 1 amide bonds. The Hall–Kier alpha value is -1.04. The van der Waals surface area contributed by atoms with Crippen molar-refractivity contribution < 1.29 is 9.53 Å². The van der Waals surface area contributed by atoms with E-state index in [1.54, 1.807) is 12.3 Å². The predicted molar refractivity (Wildman–Crippen MR) is 79.3 cm³/mol. The van der Waals surface area contributed by atoms with Gasteiger partial charge in [0.1, 0.15) is 5.69 Å². The zero-order valence-corrected chi connectivity index (χ0v) is 12.3. The highest BCUT2D eigenvalue weighted by Gasteiger charge is 2.43. The second kappa shape index (κ2) is 6.61. The number of hydrogen-bond acceptors (Lipinski definition) is 3. The van der Waals surface area contributed by atoms with E-state index in [-0.39, 0.29) is 30.0 Å². The molecule has 2 aliphatic heterocycles. The van der Waals surface area contributed by atoms with Crippen molar-refractivity contribution in [2.75, 3.05) is 19.7 Å². The van der Waals surface area contributed by atoms with E-state index in [1.165, 1.54) is 0 Å². The Kier molecular flexibility index (Phi) is 5.07. The molecule has 2 aliphatic rings. The third-order valence-corrected chi connectivity index (χ3v) is 4.26. The van der Waals surface area contributed by atoms with Crippen LogP contribution in [0.5, 0.6) is 0 Å². The zero-order chi connectivity index (χ0) is 13.1. The lowest BCUT2D eigenvalue weighted by molar-refractivity contribution is -0.114. The summed E-state index contributed by atoms with van der Waals surface area (Å²) in [5.41, 5.74) is 0.459. The van der Waals surface area contributed by atoms with Crippen LogP contribution < -0.4 is 10.6 Å². The number of carbonyl (C=O) groups is 1. The maximum absolute atomic E-state index is 12.2. The van der Waals surface area contributed by atoms with Crippen LogP contribution in [0.3, 0.4) is 0 Å². The molecule has 6 heteroatoms. The quantitative estimate of drug-likeness (QED) is 0.775. The van der Waals surface area contributed by atoms with Crippen LogP contribution in [0.4, 0.5) is 0 Å². The molecule has 20 heavy (non-hydrogen) atoms. The van der Waals surface area contributed by atoms with Gasteiger partial charge in [-0.2, -0.15) is 0 Å². The molecule has 0 aliphatic carbocycles. The molecule has 2 fully saturated rings. The van der Waals surface area contributed by atoms with Gasteiger partial charge in [0.15, 0.2) is 0 Å². The van der Waals surface area contributed by atoms with Crippen LogP contribution in [0, 0.1) is 0 Å². The lowest BCUT2D eigenvalue weighted by Gasteiger charge is -2.46. The molecule has 1 unspecified atom stereocenters. The number of nitrogens with one attached hydrogen (secondary N) is 3. The van der Waals surface area contributed by atoms with Crippen molar-refractivity contribution in [3.8, 4) is 0 Å². The lowest BCUT2D eigenvalue weighted by atomic mass is 9.80. The number of aromatic amines is 1. The van der Waals surface area contributed by atoms with E-state index in [0.717, 1.165) is 45.4 Å². The van der Waals surface area contributed by atoms with Crippen LogP contribution in [0.1, 0.15) is 36.2 Å². The molecule has 1 aromatic heterocycles. The Balaban J connectivity index is 0.00000147. The van der Waals surface area contributed by atoms with Gasteiger partial charge in [-0.25, -0.2) is 0 Å². The molecule has 0 saturated carbocycles. The molecule has 112 valence electrons. The summed E-state index contributed by atoms with van der Waals surface area (Å²) in [6, 6.07) is 3.76. The summed E-state index contributed by atoms with van der Waals surface area (Å²) in [6.07, 6.45) is 5.75. The first-order chi connectivity index (χ1) is 9.30. The van der Waals surface area contributed by atoms with Crippen LogP contribution in [-0.2, 0) is 4.74 Å². The molecule has 0 bridgehead atoms. The van der Waals surface area contributed by atoms with E-state index in [1.807, 2.05) is 6.07 Å². The van der Waals surface area contributed by atoms with Crippen molar-refractivity contribution in [1.82, 2.24) is 15.6 Å². The minimum Gasteiger partial charge on any atom is -0.373 e. The SMILES string of the molecule is Cl.O=C(NC1CCCOC12CCNCC2)c1ccc[nH]1. The molecular weight excluding hydrogens is 278 g/mol. The van der Waals surface area contributed by atoms with Gasteiger partial charge in [-0.05, 0) is 50.9 Å². The molecule has 3 heterocycles. The number of amides is 1. The number of rotatable bonds is 2. The number of aromatic nitrogens is 1. The summed E-state index contributed by atoms with van der Waals surface area (Å²) in [4.78, 5) is 15.1. The van der Waals surface area contributed by atoms with E-state index in [2.05, 4.69) is 15.6 Å². The van der Waals surface area contributed by atoms with E-state index < -0.39 is 0 Å². The summed E-state index contributed by atoms with van der Waals surface area (Å²) < 4.78 is 6.07. The monoisotopic (exact) mass is 299 g/mol. The highest BCUT2D eigenvalue weighted by atomic mass is 35.5. The summed E-state index contributed by atoms with van der Waals surface area (Å²) in [5.74, 6) is -0.0293. The first-order valence-electron chi connectivity index (χ1n) is 7.09. The van der Waals surface area contributed by atoms with Crippen LogP contribution in [-0.4, -0.2) is 42.2 Å². The number of halogens is 1. The standard InChI is InChI=1S/C14H21N3O2.ClH/c18-13(11-3-1-7-16-11)17-12-4-2-10-19-14(12)5-8-15-9-6-14;/h1,3,7,12,15-16H,2,4-6,8-10H2,(H,17,18);1H. The number of carbonyl (C=O) groups excluding carboxylic acids is 1. The zero-order valence-electron chi connectivity index (χ0n) is 11.5. The minimum atomic E-state index is -0.161. The molecule has 3 N–H and O–H groups in total. The van der Waals surface area contributed by atoms with E-state index in [9.17, 15) is 4.79 Å². The van der Waals surface area contributed by atoms with Crippen LogP contribution in [0.25, 0.3) is 0 Å². The number of hydrogen-bond donors (Lipinski definition) is 3. The highest BCUT2D eigenvalue weighted by Crippen LogP contribution is 2.33. The van der Waals surface area contributed by atoms with Gasteiger partial charge < -0.3 is 20.4 Å². The van der Waals surface area contributed by atoms with Gasteiger partial charge in [-0.3, -0.25) is 4.79 Å². The van der Waals surface area contributed by atoms with Crippen molar-refractivity contribution >= 4 is 18.3 Å². The van der Waals surface area contributed by atoms with Gasteiger partial charge in [0.05, 0.1) is 11.6 Å². The van der Waals surface area contributed by atoms with Gasteiger partial charge in [0.25, 0.3) is 5.91 Å². The molecule has 0 aromatic carbocycles. The summed E-state index contributed by atoms with van der Waals surface area (Å²) in [6.45, 7) is 2.75. The van der Waals surface area contributed by atoms with Gasteiger partial charge in [0, 0.05) is 12.8 Å². The van der Waals surface area contributed by atoms with Crippen LogP contribution in [0.2, 0.25) is 0 Å². The van der Waals surface area contributed by atoms with Crippen molar-refractivity contribution in [2.45, 2.75) is 37.3 Å². The van der Waals surface area contributed by atoms with Crippen molar-refractivity contribution in [2.24, 2.45) is 0 Å². The number of piperidine rings is 1. The second-order valence-electron chi connectivity index (χ2n) is 5.42. The Bertz CT molecular complexity index is 421. The second-order valence-corrected chi connectivity index (χ2v) is 5.42. The summed E-state index contributed by atoms with van der Waals surface area (Å²) in [5, 5.41) is 6.52. The Labute approximate surface area is 125 Å². The topological polar surface area (TPSA) is 66.2 Å². The molecule has 2 saturated heterocycles. The van der Waals surface area contributed by atoms with Crippen LogP contribution >= 0.6 is 12.4 Å². The molecule has 0 radical (unpaired) electrons. The fraction of sp³-hybridized carbons (Fsp3) is 0.643. The van der Waals surface area contributed by atoms with Gasteiger partial charge in [-0.15, -0.1) is 12.4 Å². The Morgan fingerprint density at radius 1 is 1.40 bits per heavy atom. The summed E-state index contributed by atoms with van der Waals surface area (Å²) in [7, 11) is 0. The van der Waals surface area contributed by atoms with E-state index >= 15 is 0 Å². The fourth-order valence-corrected chi connectivity index (χ4v) is 3.18. The Morgan fingerprint density at radius 3 is 2.90 bits per heavy atom. The van der Waals surface area contributed by atoms with Crippen molar-refractivity contribution in [3.05, 3.63) is 24.0 Å². The average molecular weight is 300 g/mol. The molecular formula is C14H22ClN3O2. The van der Waals surface area contributed by atoms with Gasteiger partial charge >= 0.3 is 0 Å². The average Bonchev–Trinajstić information content (AvgIpc) is 2.97. The smallest absolute Gasteiger partial charge is 0.268 e. The summed E-state index contributed by atoms with van der Waals surface area (Å²) >= 11 is 0. The maximum Gasteiger partial charge on any atom is 0.268 e. The van der Waals surface area contributed by atoms with Gasteiger partial charge in [-0.1, -0.05) is 0 Å². The molecule has 1 spiro atoms. The van der Waals surface area contributed by atoms with Crippen molar-refractivity contribution in [1.29, 1.82) is 0 Å². The van der Waals surface area contributed by atoms with E-state index in [0.29, 0.717) is 5.69 Å². The number of H-pyrrole nitrogens is 1. The molecule has 1 aromatic rings. The first kappa shape index (κ1) is 15.4. The maximum atomic E-state index is 12.2. The van der Waals surface area contributed by atoms with Crippen LogP contribution in [0.15, 0.2) is 18.3 Å². The lowest BCUT2D eigenvalue weighted by Crippen LogP contribution is -2.60. The molecule has 5 nitrogen and oxygen atoms in total. The first-order valence-corrected chi connectivity index (χ1v) is 7.09. The van der Waals surface area contributed by atoms with Crippen molar-refractivity contribution in [3.63, 3.8) is 0 Å². The Morgan fingerprint density at radius 2 is 2.20 bits per heavy atom. The largest absolute Gasteiger partial charge is 0.373 e. The highest BCUT2D eigenvalue weighted by molar-refractivity contribution is 5.92. The van der Waals surface area contributed by atoms with Gasteiger partial charge in [0.2, 0.25) is 0 Å². The minimum absolute atomic E-state index is 0. The predicted octanol–water partition coefficient (Wildman–Crippen LogP) is 1.47. The normalized spacial score (nSPS) is 24.9. The fourth-order valence-electron chi connectivity index (χ4n) is 3.18.